The molecule has 7 atom stereocenters. The highest BCUT2D eigenvalue weighted by Crippen LogP contribution is 2.53. The fraction of sp³-hybridized carbons (Fsp3) is 1.00. The van der Waals surface area contributed by atoms with Gasteiger partial charge in [-0.2, -0.15) is 0 Å². The Kier molecular flexibility index (Phi) is 8.64. The third-order valence-electron chi connectivity index (χ3n) is 4.27. The molecule has 24 heavy (non-hydrogen) atoms. The number of ether oxygens (including phenoxy) is 1. The lowest BCUT2D eigenvalue weighted by Gasteiger charge is -2.28. The van der Waals surface area contributed by atoms with Crippen molar-refractivity contribution in [2.24, 2.45) is 5.92 Å². The summed E-state index contributed by atoms with van der Waals surface area (Å²) in [7, 11) is 0.630. The average Bonchev–Trinajstić information content (AvgIpc) is 2.79. The van der Waals surface area contributed by atoms with Crippen molar-refractivity contribution in [1.82, 2.24) is 0 Å². The summed E-state index contributed by atoms with van der Waals surface area (Å²) in [5, 5.41) is 0. The second-order valence-electron chi connectivity index (χ2n) is 6.06. The summed E-state index contributed by atoms with van der Waals surface area (Å²) in [6, 6.07) is 0. The van der Waals surface area contributed by atoms with Gasteiger partial charge in [-0.3, -0.25) is 13.6 Å². The van der Waals surface area contributed by atoms with E-state index in [9.17, 15) is 18.9 Å². The van der Waals surface area contributed by atoms with Crippen molar-refractivity contribution >= 4 is 23.3 Å². The first-order valence-electron chi connectivity index (χ1n) is 7.90. The first-order valence-corrected chi connectivity index (χ1v) is 11.2. The lowest BCUT2D eigenvalue weighted by molar-refractivity contribution is -0.0181. The lowest BCUT2D eigenvalue weighted by atomic mass is 9.83. The van der Waals surface area contributed by atoms with Gasteiger partial charge in [0.25, 0.3) is 0 Å². The molecule has 2 radical (unpaired) electrons. The van der Waals surface area contributed by atoms with Crippen LogP contribution < -0.4 is 0 Å². The number of hydrogen-bond donors (Lipinski definition) is 2. The van der Waals surface area contributed by atoms with Gasteiger partial charge in [-0.15, -0.1) is 0 Å². The highest BCUT2D eigenvalue weighted by Gasteiger charge is 2.46. The van der Waals surface area contributed by atoms with E-state index in [1.807, 2.05) is 6.92 Å². The van der Waals surface area contributed by atoms with Crippen LogP contribution in [0.2, 0.25) is 5.82 Å². The molecule has 140 valence electrons. The zero-order valence-electron chi connectivity index (χ0n) is 14.5. The first-order chi connectivity index (χ1) is 11.0. The topological polar surface area (TPSA) is 112 Å². The molecule has 1 rings (SSSR count). The number of methoxy groups -OCH3 is 1. The number of phosphoric acid groups is 1. The van der Waals surface area contributed by atoms with Gasteiger partial charge in [-0.25, -0.2) is 4.57 Å². The Balaban J connectivity index is 2.83. The molecule has 0 aromatic carbocycles. The third kappa shape index (κ3) is 6.54. The molecule has 0 aromatic heterocycles. The van der Waals surface area contributed by atoms with Gasteiger partial charge >= 0.3 is 15.4 Å². The Morgan fingerprint density at radius 3 is 2.38 bits per heavy atom. The lowest BCUT2D eigenvalue weighted by Crippen LogP contribution is -2.32. The minimum atomic E-state index is -4.30. The molecule has 11 heteroatoms. The highest BCUT2D eigenvalue weighted by atomic mass is 31.2. The summed E-state index contributed by atoms with van der Waals surface area (Å²) < 4.78 is 44.1. The number of hydrogen-bond acceptors (Lipinski definition) is 6. The molecule has 4 unspecified atom stereocenters. The van der Waals surface area contributed by atoms with E-state index in [-0.39, 0.29) is 18.5 Å². The maximum Gasteiger partial charge on any atom is 0.472 e. The van der Waals surface area contributed by atoms with Crippen molar-refractivity contribution in [2.75, 3.05) is 20.4 Å². The first kappa shape index (κ1) is 22.3. The van der Waals surface area contributed by atoms with Gasteiger partial charge < -0.3 is 19.0 Å². The zero-order chi connectivity index (χ0) is 18.5. The maximum absolute atomic E-state index is 12.2. The van der Waals surface area contributed by atoms with Crippen LogP contribution in [-0.2, 0) is 27.4 Å². The molecule has 2 N–H and O–H groups in total. The smallest absolute Gasteiger partial charge is 0.379 e. The molecular weight excluding hydrogens is 357 g/mol. The van der Waals surface area contributed by atoms with Gasteiger partial charge in [0.1, 0.15) is 0 Å². The minimum absolute atomic E-state index is 0.0981. The van der Waals surface area contributed by atoms with E-state index in [0.717, 1.165) is 7.11 Å². The van der Waals surface area contributed by atoms with E-state index in [1.165, 1.54) is 7.11 Å². The normalized spacial score (nSPS) is 33.8. The van der Waals surface area contributed by atoms with Crippen molar-refractivity contribution < 1.29 is 37.2 Å². The second kappa shape index (κ2) is 9.29. The SMILES string of the molecule is [B]C1C[C@H](CCP(=O)(O)OC)[C@@H](OP(=O)(O)OC(C)CC)[C@H]1OC. The standard InChI is InChI=1S/C13H27BO8P2/c1-5-9(2)21-24(17,18)22-12-10(6-7-23(15,16)20-4)8-11(14)13(12)19-3/h9-13H,5-8H2,1-4H3,(H,15,16)(H,17,18)/t9?,10-,11?,12+,13-/m0/s1. The molecule has 1 aliphatic carbocycles. The Bertz CT molecular complexity index is 491. The highest BCUT2D eigenvalue weighted by molar-refractivity contribution is 7.52. The Labute approximate surface area is 144 Å². The van der Waals surface area contributed by atoms with Gasteiger partial charge in [0.2, 0.25) is 0 Å². The van der Waals surface area contributed by atoms with Gasteiger partial charge in [0.05, 0.1) is 32.3 Å². The van der Waals surface area contributed by atoms with Crippen molar-refractivity contribution in [3.05, 3.63) is 0 Å². The molecule has 0 aliphatic heterocycles. The number of rotatable bonds is 10. The quantitative estimate of drug-likeness (QED) is 0.437. The molecule has 1 saturated carbocycles. The molecule has 0 bridgehead atoms. The Hall–Kier alpha value is 0.285. The third-order valence-corrected chi connectivity index (χ3v) is 6.80. The largest absolute Gasteiger partial charge is 0.472 e. The molecule has 1 aliphatic rings. The van der Waals surface area contributed by atoms with Crippen LogP contribution in [0.5, 0.6) is 0 Å². The molecule has 1 fully saturated rings. The van der Waals surface area contributed by atoms with Crippen LogP contribution in [0.1, 0.15) is 33.1 Å². The second-order valence-corrected chi connectivity index (χ2v) is 9.50. The fourth-order valence-electron chi connectivity index (χ4n) is 2.77. The van der Waals surface area contributed by atoms with Crippen LogP contribution in [-0.4, -0.2) is 56.3 Å². The summed E-state index contributed by atoms with van der Waals surface area (Å²) in [6.45, 7) is 3.49. The van der Waals surface area contributed by atoms with Crippen LogP contribution in [0.25, 0.3) is 0 Å². The van der Waals surface area contributed by atoms with E-state index in [2.05, 4.69) is 4.52 Å². The van der Waals surface area contributed by atoms with Crippen LogP contribution in [0, 0.1) is 5.92 Å². The minimum Gasteiger partial charge on any atom is -0.379 e. The molecule has 0 aromatic rings. The molecule has 0 amide bonds. The Morgan fingerprint density at radius 2 is 1.88 bits per heavy atom. The maximum atomic E-state index is 12.2. The predicted molar refractivity (Wildman–Crippen MR) is 90.3 cm³/mol. The summed E-state index contributed by atoms with van der Waals surface area (Å²) in [5.41, 5.74) is 0. The van der Waals surface area contributed by atoms with E-state index in [4.69, 9.17) is 21.6 Å². The predicted octanol–water partition coefficient (Wildman–Crippen LogP) is 2.50. The van der Waals surface area contributed by atoms with E-state index in [1.54, 1.807) is 6.92 Å². The molecule has 0 spiro atoms. The zero-order valence-corrected chi connectivity index (χ0v) is 16.3. The number of phosphoric ester groups is 1. The Morgan fingerprint density at radius 1 is 1.25 bits per heavy atom. The molecular formula is C13H27BO8P2. The van der Waals surface area contributed by atoms with Crippen molar-refractivity contribution in [1.29, 1.82) is 0 Å². The fourth-order valence-corrected chi connectivity index (χ4v) is 4.86. The van der Waals surface area contributed by atoms with Crippen LogP contribution >= 0.6 is 15.4 Å². The van der Waals surface area contributed by atoms with Gasteiger partial charge in [-0.1, -0.05) is 13.3 Å². The summed E-state index contributed by atoms with van der Waals surface area (Å²) in [6.07, 6.45) is -0.699. The van der Waals surface area contributed by atoms with Crippen molar-refractivity contribution in [3.8, 4) is 0 Å². The molecule has 8 nitrogen and oxygen atoms in total. The average molecular weight is 384 g/mol. The van der Waals surface area contributed by atoms with E-state index in [0.29, 0.717) is 12.8 Å². The van der Waals surface area contributed by atoms with E-state index >= 15 is 0 Å². The summed E-state index contributed by atoms with van der Waals surface area (Å²) >= 11 is 0. The van der Waals surface area contributed by atoms with Crippen LogP contribution in [0.3, 0.4) is 0 Å². The van der Waals surface area contributed by atoms with Gasteiger partial charge in [0, 0.05) is 14.2 Å². The van der Waals surface area contributed by atoms with Crippen molar-refractivity contribution in [3.63, 3.8) is 0 Å². The van der Waals surface area contributed by atoms with Crippen LogP contribution in [0.15, 0.2) is 0 Å². The van der Waals surface area contributed by atoms with Gasteiger partial charge in [-0.05, 0) is 31.5 Å². The summed E-state index contributed by atoms with van der Waals surface area (Å²) in [5.74, 6) is -0.726. The monoisotopic (exact) mass is 384 g/mol. The van der Waals surface area contributed by atoms with Crippen molar-refractivity contribution in [2.45, 2.75) is 57.2 Å². The molecule has 0 heterocycles. The van der Waals surface area contributed by atoms with Gasteiger partial charge in [0.15, 0.2) is 0 Å². The molecule has 0 saturated heterocycles. The van der Waals surface area contributed by atoms with E-state index < -0.39 is 39.5 Å². The summed E-state index contributed by atoms with van der Waals surface area (Å²) in [4.78, 5) is 19.5. The van der Waals surface area contributed by atoms with Crippen LogP contribution in [0.4, 0.5) is 0 Å².